The van der Waals surface area contributed by atoms with Crippen molar-refractivity contribution in [1.29, 1.82) is 0 Å². The Hall–Kier alpha value is -1.29. The molecular formula is C15H21ClN2O2. The van der Waals surface area contributed by atoms with Gasteiger partial charge in [0.1, 0.15) is 5.69 Å². The van der Waals surface area contributed by atoms with Crippen LogP contribution in [-0.2, 0) is 0 Å². The summed E-state index contributed by atoms with van der Waals surface area (Å²) < 4.78 is 0. The predicted molar refractivity (Wildman–Crippen MR) is 82.3 cm³/mol. The van der Waals surface area contributed by atoms with Gasteiger partial charge in [0.25, 0.3) is 5.69 Å². The zero-order valence-electron chi connectivity index (χ0n) is 12.1. The zero-order chi connectivity index (χ0) is 14.9. The number of nitrogens with one attached hydrogen (secondary N) is 1. The maximum Gasteiger partial charge on any atom is 0.293 e. The van der Waals surface area contributed by atoms with Crippen molar-refractivity contribution in [3.05, 3.63) is 33.3 Å². The van der Waals surface area contributed by atoms with Crippen LogP contribution >= 0.6 is 11.6 Å². The van der Waals surface area contributed by atoms with Gasteiger partial charge < -0.3 is 5.32 Å². The molecule has 0 bridgehead atoms. The summed E-state index contributed by atoms with van der Waals surface area (Å²) in [5, 5.41) is 14.8. The highest BCUT2D eigenvalue weighted by Gasteiger charge is 2.32. The molecule has 20 heavy (non-hydrogen) atoms. The van der Waals surface area contributed by atoms with Gasteiger partial charge in [-0.2, -0.15) is 0 Å². The molecule has 1 aromatic carbocycles. The Morgan fingerprint density at radius 2 is 2.10 bits per heavy atom. The molecule has 1 N–H and O–H groups in total. The Balaban J connectivity index is 2.19. The molecule has 0 spiro atoms. The highest BCUT2D eigenvalue weighted by molar-refractivity contribution is 6.30. The maximum atomic E-state index is 11.1. The highest BCUT2D eigenvalue weighted by Crippen LogP contribution is 2.40. The number of nitro benzene ring substituents is 1. The van der Waals surface area contributed by atoms with E-state index in [-0.39, 0.29) is 22.1 Å². The van der Waals surface area contributed by atoms with Gasteiger partial charge in [0, 0.05) is 17.1 Å². The van der Waals surface area contributed by atoms with Crippen LogP contribution in [0.25, 0.3) is 0 Å². The molecule has 0 aliphatic heterocycles. The second-order valence-corrected chi connectivity index (χ2v) is 7.11. The van der Waals surface area contributed by atoms with E-state index in [1.54, 1.807) is 12.1 Å². The van der Waals surface area contributed by atoms with E-state index in [1.165, 1.54) is 12.5 Å². The van der Waals surface area contributed by atoms with Gasteiger partial charge in [0.15, 0.2) is 0 Å². The number of benzene rings is 1. The summed E-state index contributed by atoms with van der Waals surface area (Å²) in [5.41, 5.74) is 0.888. The van der Waals surface area contributed by atoms with E-state index in [1.807, 2.05) is 0 Å². The van der Waals surface area contributed by atoms with Crippen molar-refractivity contribution in [2.75, 3.05) is 5.32 Å². The standard InChI is InChI=1S/C15H21ClN2O2/c1-10-6-12(9-15(2,3)8-10)17-13-5-4-11(16)7-14(13)18(19)20/h4-5,7,10,12,17H,6,8-9H2,1-3H3. The second-order valence-electron chi connectivity index (χ2n) is 6.67. The molecule has 0 radical (unpaired) electrons. The summed E-state index contributed by atoms with van der Waals surface area (Å²) in [4.78, 5) is 10.7. The number of nitro groups is 1. The summed E-state index contributed by atoms with van der Waals surface area (Å²) in [7, 11) is 0. The van der Waals surface area contributed by atoms with Crippen LogP contribution in [0, 0.1) is 21.4 Å². The average Bonchev–Trinajstić information content (AvgIpc) is 2.28. The largest absolute Gasteiger partial charge is 0.377 e. The summed E-state index contributed by atoms with van der Waals surface area (Å²) in [6, 6.07) is 5.07. The van der Waals surface area contributed by atoms with Gasteiger partial charge in [-0.25, -0.2) is 0 Å². The van der Waals surface area contributed by atoms with Gasteiger partial charge in [-0.1, -0.05) is 32.4 Å². The first-order chi connectivity index (χ1) is 9.27. The maximum absolute atomic E-state index is 11.1. The average molecular weight is 297 g/mol. The summed E-state index contributed by atoms with van der Waals surface area (Å²) in [6.45, 7) is 6.76. The smallest absolute Gasteiger partial charge is 0.293 e. The number of halogens is 1. The van der Waals surface area contributed by atoms with E-state index in [4.69, 9.17) is 11.6 Å². The minimum absolute atomic E-state index is 0.0496. The number of nitrogens with zero attached hydrogens (tertiary/aromatic N) is 1. The minimum atomic E-state index is -0.383. The fraction of sp³-hybridized carbons (Fsp3) is 0.600. The van der Waals surface area contributed by atoms with Crippen LogP contribution in [0.2, 0.25) is 5.02 Å². The first-order valence-corrected chi connectivity index (χ1v) is 7.35. The highest BCUT2D eigenvalue weighted by atomic mass is 35.5. The van der Waals surface area contributed by atoms with Crippen LogP contribution in [0.15, 0.2) is 18.2 Å². The van der Waals surface area contributed by atoms with E-state index in [9.17, 15) is 10.1 Å². The van der Waals surface area contributed by atoms with Gasteiger partial charge in [0.2, 0.25) is 0 Å². The van der Waals surface area contributed by atoms with Crippen LogP contribution in [-0.4, -0.2) is 11.0 Å². The number of rotatable bonds is 3. The van der Waals surface area contributed by atoms with Crippen LogP contribution < -0.4 is 5.32 Å². The van der Waals surface area contributed by atoms with Crippen molar-refractivity contribution in [3.63, 3.8) is 0 Å². The molecule has 1 aliphatic carbocycles. The van der Waals surface area contributed by atoms with Crippen molar-refractivity contribution < 1.29 is 4.92 Å². The quantitative estimate of drug-likeness (QED) is 0.639. The fourth-order valence-electron chi connectivity index (χ4n) is 3.45. The molecular weight excluding hydrogens is 276 g/mol. The second kappa shape index (κ2) is 5.60. The number of anilines is 1. The third-order valence-corrected chi connectivity index (χ3v) is 4.14. The first-order valence-electron chi connectivity index (χ1n) is 6.97. The Labute approximate surface area is 124 Å². The fourth-order valence-corrected chi connectivity index (χ4v) is 3.62. The lowest BCUT2D eigenvalue weighted by Crippen LogP contribution is -2.35. The number of hydrogen-bond acceptors (Lipinski definition) is 3. The van der Waals surface area contributed by atoms with Gasteiger partial charge in [-0.05, 0) is 42.7 Å². The van der Waals surface area contributed by atoms with E-state index >= 15 is 0 Å². The molecule has 0 amide bonds. The van der Waals surface area contributed by atoms with E-state index < -0.39 is 0 Å². The van der Waals surface area contributed by atoms with Crippen molar-refractivity contribution in [2.45, 2.75) is 46.1 Å². The third-order valence-electron chi connectivity index (χ3n) is 3.90. The summed E-state index contributed by atoms with van der Waals surface area (Å²) in [5.74, 6) is 0.627. The number of hydrogen-bond donors (Lipinski definition) is 1. The van der Waals surface area contributed by atoms with Gasteiger partial charge in [-0.15, -0.1) is 0 Å². The molecule has 0 heterocycles. The van der Waals surface area contributed by atoms with Crippen LogP contribution in [0.4, 0.5) is 11.4 Å². The van der Waals surface area contributed by atoms with E-state index in [2.05, 4.69) is 26.1 Å². The van der Waals surface area contributed by atoms with E-state index in [0.717, 1.165) is 12.8 Å². The van der Waals surface area contributed by atoms with Crippen molar-refractivity contribution in [2.24, 2.45) is 11.3 Å². The normalized spacial score (nSPS) is 25.2. The van der Waals surface area contributed by atoms with Crippen LogP contribution in [0.1, 0.15) is 40.0 Å². The molecule has 1 fully saturated rings. The Bertz CT molecular complexity index is 517. The van der Waals surface area contributed by atoms with Gasteiger partial charge >= 0.3 is 0 Å². The third kappa shape index (κ3) is 3.63. The topological polar surface area (TPSA) is 55.2 Å². The summed E-state index contributed by atoms with van der Waals surface area (Å²) >= 11 is 5.84. The zero-order valence-corrected chi connectivity index (χ0v) is 12.9. The molecule has 2 atom stereocenters. The molecule has 2 unspecified atom stereocenters. The molecule has 5 heteroatoms. The van der Waals surface area contributed by atoms with Gasteiger partial charge in [0.05, 0.1) is 4.92 Å². The Morgan fingerprint density at radius 1 is 1.40 bits per heavy atom. The lowest BCUT2D eigenvalue weighted by molar-refractivity contribution is -0.384. The predicted octanol–water partition coefficient (Wildman–Crippen LogP) is 4.87. The van der Waals surface area contributed by atoms with Crippen molar-refractivity contribution in [1.82, 2.24) is 0 Å². The van der Waals surface area contributed by atoms with Crippen molar-refractivity contribution in [3.8, 4) is 0 Å². The van der Waals surface area contributed by atoms with Crippen LogP contribution in [0.3, 0.4) is 0 Å². The molecule has 2 rings (SSSR count). The molecule has 110 valence electrons. The minimum Gasteiger partial charge on any atom is -0.377 e. The monoisotopic (exact) mass is 296 g/mol. The summed E-state index contributed by atoms with van der Waals surface area (Å²) in [6.07, 6.45) is 3.27. The molecule has 1 aliphatic rings. The Kier molecular flexibility index (Phi) is 4.23. The molecule has 0 aromatic heterocycles. The lowest BCUT2D eigenvalue weighted by atomic mass is 9.70. The lowest BCUT2D eigenvalue weighted by Gasteiger charge is -2.39. The van der Waals surface area contributed by atoms with Gasteiger partial charge in [-0.3, -0.25) is 10.1 Å². The van der Waals surface area contributed by atoms with Crippen LogP contribution in [0.5, 0.6) is 0 Å². The van der Waals surface area contributed by atoms with Crippen molar-refractivity contribution >= 4 is 23.0 Å². The molecule has 1 aromatic rings. The Morgan fingerprint density at radius 3 is 2.70 bits per heavy atom. The molecule has 4 nitrogen and oxygen atoms in total. The SMILES string of the molecule is CC1CC(Nc2ccc(Cl)cc2[N+](=O)[O-])CC(C)(C)C1. The van der Waals surface area contributed by atoms with E-state index in [0.29, 0.717) is 16.6 Å². The first kappa shape index (κ1) is 15.1. The molecule has 1 saturated carbocycles. The molecule has 0 saturated heterocycles.